The number of hydrogen-bond acceptors (Lipinski definition) is 4. The lowest BCUT2D eigenvalue weighted by atomic mass is 9.93. The lowest BCUT2D eigenvalue weighted by molar-refractivity contribution is -0.122. The van der Waals surface area contributed by atoms with Crippen LogP contribution >= 0.6 is 0 Å². The standard InChI is InChI=1S/C26H38N2O4S/c1-10-24(28(33(9,30)31)21-12-17(4)11-18(5)13-21)26(29)27-20(7)23-15-22(16(2)3)25(32-8)14-19(23)6/h11-16,20,24H,10H2,1-9H3,(H,27,29)/t20-,24+/m0/s1. The monoisotopic (exact) mass is 474 g/mol. The van der Waals surface area contributed by atoms with Crippen molar-refractivity contribution in [2.45, 2.75) is 72.9 Å². The molecular weight excluding hydrogens is 436 g/mol. The number of rotatable bonds is 9. The molecule has 0 saturated heterocycles. The smallest absolute Gasteiger partial charge is 0.244 e. The van der Waals surface area contributed by atoms with Gasteiger partial charge in [-0.15, -0.1) is 0 Å². The summed E-state index contributed by atoms with van der Waals surface area (Å²) in [5, 5.41) is 3.06. The Kier molecular flexibility index (Phi) is 8.57. The minimum absolute atomic E-state index is 0.260. The molecule has 0 aliphatic rings. The molecule has 182 valence electrons. The molecule has 0 spiro atoms. The summed E-state index contributed by atoms with van der Waals surface area (Å²) in [6.07, 6.45) is 1.49. The van der Waals surface area contributed by atoms with Gasteiger partial charge in [-0.3, -0.25) is 9.10 Å². The highest BCUT2D eigenvalue weighted by Crippen LogP contribution is 2.32. The van der Waals surface area contributed by atoms with Crippen LogP contribution in [0.5, 0.6) is 5.75 Å². The zero-order valence-electron chi connectivity index (χ0n) is 21.3. The van der Waals surface area contributed by atoms with Crippen molar-refractivity contribution in [3.05, 3.63) is 58.1 Å². The molecule has 2 aromatic rings. The van der Waals surface area contributed by atoms with E-state index in [-0.39, 0.29) is 17.9 Å². The van der Waals surface area contributed by atoms with Gasteiger partial charge in [0.2, 0.25) is 15.9 Å². The molecule has 2 atom stereocenters. The summed E-state index contributed by atoms with van der Waals surface area (Å²) in [4.78, 5) is 13.4. The summed E-state index contributed by atoms with van der Waals surface area (Å²) in [7, 11) is -2.03. The minimum atomic E-state index is -3.69. The first kappa shape index (κ1) is 26.7. The number of amides is 1. The van der Waals surface area contributed by atoms with Crippen LogP contribution in [0.15, 0.2) is 30.3 Å². The van der Waals surface area contributed by atoms with Crippen LogP contribution in [-0.4, -0.2) is 33.7 Å². The highest BCUT2D eigenvalue weighted by atomic mass is 32.2. The molecule has 0 aromatic heterocycles. The van der Waals surface area contributed by atoms with Crippen molar-refractivity contribution in [1.29, 1.82) is 0 Å². The van der Waals surface area contributed by atoms with E-state index in [1.165, 1.54) is 4.31 Å². The van der Waals surface area contributed by atoms with Gasteiger partial charge >= 0.3 is 0 Å². The lowest BCUT2D eigenvalue weighted by Crippen LogP contribution is -2.49. The van der Waals surface area contributed by atoms with Crippen molar-refractivity contribution >= 4 is 21.6 Å². The second-order valence-electron chi connectivity index (χ2n) is 9.16. The third kappa shape index (κ3) is 6.28. The Balaban J connectivity index is 2.42. The van der Waals surface area contributed by atoms with Gasteiger partial charge in [0.05, 0.1) is 25.1 Å². The highest BCUT2D eigenvalue weighted by molar-refractivity contribution is 7.92. The number of anilines is 1. The van der Waals surface area contributed by atoms with Crippen LogP contribution in [0.2, 0.25) is 0 Å². The van der Waals surface area contributed by atoms with Crippen LogP contribution in [0.4, 0.5) is 5.69 Å². The molecule has 0 radical (unpaired) electrons. The summed E-state index contributed by atoms with van der Waals surface area (Å²) >= 11 is 0. The van der Waals surface area contributed by atoms with E-state index in [2.05, 4.69) is 25.2 Å². The average molecular weight is 475 g/mol. The van der Waals surface area contributed by atoms with Crippen molar-refractivity contribution in [2.75, 3.05) is 17.7 Å². The molecule has 0 bridgehead atoms. The number of nitrogens with zero attached hydrogens (tertiary/aromatic N) is 1. The first-order valence-corrected chi connectivity index (χ1v) is 13.2. The number of methoxy groups -OCH3 is 1. The zero-order valence-corrected chi connectivity index (χ0v) is 22.1. The van der Waals surface area contributed by atoms with Crippen molar-refractivity contribution in [2.24, 2.45) is 0 Å². The fraction of sp³-hybridized carbons (Fsp3) is 0.500. The van der Waals surface area contributed by atoms with E-state index in [0.717, 1.165) is 39.8 Å². The largest absolute Gasteiger partial charge is 0.496 e. The Labute approximate surface area is 199 Å². The summed E-state index contributed by atoms with van der Waals surface area (Å²) in [6.45, 7) is 13.8. The predicted octanol–water partition coefficient (Wildman–Crippen LogP) is 5.17. The Hall–Kier alpha value is -2.54. The number of carbonyl (C=O) groups is 1. The van der Waals surface area contributed by atoms with Crippen LogP contribution in [0.3, 0.4) is 0 Å². The van der Waals surface area contributed by atoms with Gasteiger partial charge < -0.3 is 10.1 Å². The molecule has 6 nitrogen and oxygen atoms in total. The first-order valence-electron chi connectivity index (χ1n) is 11.4. The number of benzene rings is 2. The van der Waals surface area contributed by atoms with Gasteiger partial charge in [0.1, 0.15) is 11.8 Å². The van der Waals surface area contributed by atoms with E-state index in [9.17, 15) is 13.2 Å². The van der Waals surface area contributed by atoms with Gasteiger partial charge in [0.15, 0.2) is 0 Å². The molecule has 33 heavy (non-hydrogen) atoms. The van der Waals surface area contributed by atoms with Crippen molar-refractivity contribution in [1.82, 2.24) is 5.32 Å². The second kappa shape index (κ2) is 10.6. The first-order chi connectivity index (χ1) is 15.3. The van der Waals surface area contributed by atoms with E-state index in [1.807, 2.05) is 46.8 Å². The maximum Gasteiger partial charge on any atom is 0.244 e. The number of aryl methyl sites for hydroxylation is 3. The van der Waals surface area contributed by atoms with Gasteiger partial charge in [-0.05, 0) is 92.1 Å². The third-order valence-corrected chi connectivity index (χ3v) is 7.04. The summed E-state index contributed by atoms with van der Waals surface area (Å²) in [5.74, 6) is 0.765. The topological polar surface area (TPSA) is 75.7 Å². The number of carbonyl (C=O) groups excluding carboxylic acids is 1. The van der Waals surface area contributed by atoms with Gasteiger partial charge in [-0.1, -0.05) is 26.8 Å². The molecule has 0 aliphatic heterocycles. The molecule has 2 aromatic carbocycles. The molecule has 0 heterocycles. The maximum atomic E-state index is 13.4. The summed E-state index contributed by atoms with van der Waals surface area (Å²) < 4.78 is 32.4. The van der Waals surface area contributed by atoms with E-state index < -0.39 is 16.1 Å². The fourth-order valence-electron chi connectivity index (χ4n) is 4.34. The number of ether oxygens (including phenoxy) is 1. The van der Waals surface area contributed by atoms with Crippen LogP contribution in [0.1, 0.15) is 73.9 Å². The Bertz CT molecular complexity index is 1090. The molecule has 1 amide bonds. The number of sulfonamides is 1. The van der Waals surface area contributed by atoms with E-state index in [1.54, 1.807) is 19.2 Å². The maximum absolute atomic E-state index is 13.4. The van der Waals surface area contributed by atoms with Crippen molar-refractivity contribution in [3.63, 3.8) is 0 Å². The summed E-state index contributed by atoms with van der Waals surface area (Å²) in [5.41, 5.74) is 5.45. The summed E-state index contributed by atoms with van der Waals surface area (Å²) in [6, 6.07) is 8.49. The van der Waals surface area contributed by atoms with Crippen LogP contribution in [-0.2, 0) is 14.8 Å². The van der Waals surface area contributed by atoms with Gasteiger partial charge in [0.25, 0.3) is 0 Å². The van der Waals surface area contributed by atoms with E-state index in [0.29, 0.717) is 12.1 Å². The molecule has 0 fully saturated rings. The predicted molar refractivity (Wildman–Crippen MR) is 136 cm³/mol. The third-order valence-electron chi connectivity index (χ3n) is 5.86. The average Bonchev–Trinajstić information content (AvgIpc) is 2.69. The fourth-order valence-corrected chi connectivity index (χ4v) is 5.53. The minimum Gasteiger partial charge on any atom is -0.496 e. The highest BCUT2D eigenvalue weighted by Gasteiger charge is 2.32. The Morgan fingerprint density at radius 1 is 1.00 bits per heavy atom. The lowest BCUT2D eigenvalue weighted by Gasteiger charge is -2.32. The Morgan fingerprint density at radius 3 is 2.03 bits per heavy atom. The second-order valence-corrected chi connectivity index (χ2v) is 11.0. The molecular formula is C26H38N2O4S. The Morgan fingerprint density at radius 2 is 1.58 bits per heavy atom. The van der Waals surface area contributed by atoms with Crippen LogP contribution in [0.25, 0.3) is 0 Å². The zero-order chi connectivity index (χ0) is 25.1. The van der Waals surface area contributed by atoms with Crippen molar-refractivity contribution in [3.8, 4) is 5.75 Å². The van der Waals surface area contributed by atoms with E-state index >= 15 is 0 Å². The molecule has 2 rings (SSSR count). The van der Waals surface area contributed by atoms with Gasteiger partial charge in [-0.25, -0.2) is 8.42 Å². The normalized spacial score (nSPS) is 13.5. The number of nitrogens with one attached hydrogen (secondary N) is 1. The molecule has 7 heteroatoms. The van der Waals surface area contributed by atoms with Crippen molar-refractivity contribution < 1.29 is 17.9 Å². The quantitative estimate of drug-likeness (QED) is 0.544. The SMILES string of the molecule is CC[C@H](C(=O)N[C@@H](C)c1cc(C(C)C)c(OC)cc1C)N(c1cc(C)cc(C)c1)S(C)(=O)=O. The molecule has 0 aliphatic carbocycles. The molecule has 0 saturated carbocycles. The molecule has 1 N–H and O–H groups in total. The van der Waals surface area contributed by atoms with Gasteiger partial charge in [-0.2, -0.15) is 0 Å². The number of hydrogen-bond donors (Lipinski definition) is 1. The molecule has 0 unspecified atom stereocenters. The van der Waals surface area contributed by atoms with Crippen LogP contribution < -0.4 is 14.4 Å². The van der Waals surface area contributed by atoms with Gasteiger partial charge in [0, 0.05) is 0 Å². The van der Waals surface area contributed by atoms with Crippen LogP contribution in [0, 0.1) is 20.8 Å². The van der Waals surface area contributed by atoms with E-state index in [4.69, 9.17) is 4.74 Å².